The van der Waals surface area contributed by atoms with Gasteiger partial charge in [-0.05, 0) is 92.8 Å². The monoisotopic (exact) mass is 334 g/mol. The zero-order valence-corrected chi connectivity index (χ0v) is 15.5. The van der Waals surface area contributed by atoms with E-state index in [4.69, 9.17) is 0 Å². The van der Waals surface area contributed by atoms with E-state index in [1.165, 1.54) is 12.8 Å². The molecular weight excluding hydrogens is 300 g/mol. The first-order chi connectivity index (χ1) is 11.3. The van der Waals surface area contributed by atoms with Gasteiger partial charge in [0.2, 0.25) is 0 Å². The van der Waals surface area contributed by atoms with Gasteiger partial charge in [-0.15, -0.1) is 0 Å². The molecule has 136 valence electrons. The van der Waals surface area contributed by atoms with Crippen molar-refractivity contribution in [3.05, 3.63) is 0 Å². The van der Waals surface area contributed by atoms with Crippen molar-refractivity contribution in [3.8, 4) is 0 Å². The van der Waals surface area contributed by atoms with E-state index in [2.05, 4.69) is 13.8 Å². The number of carbonyl (C=O) groups is 1. The molecule has 0 amide bonds. The fourth-order valence-electron chi connectivity index (χ4n) is 8.03. The smallest absolute Gasteiger partial charge is 0.133 e. The topological polar surface area (TPSA) is 57.5 Å². The molecule has 24 heavy (non-hydrogen) atoms. The Labute approximate surface area is 146 Å². The molecule has 0 unspecified atom stereocenters. The van der Waals surface area contributed by atoms with Gasteiger partial charge in [-0.25, -0.2) is 0 Å². The number of rotatable bonds is 1. The van der Waals surface area contributed by atoms with Crippen LogP contribution in [0.3, 0.4) is 0 Å². The first-order valence-corrected chi connectivity index (χ1v) is 10.1. The summed E-state index contributed by atoms with van der Waals surface area (Å²) in [6.45, 7) is 6.43. The first-order valence-electron chi connectivity index (χ1n) is 10.1. The Hall–Kier alpha value is -0.410. The van der Waals surface area contributed by atoms with Crippen LogP contribution in [0.2, 0.25) is 0 Å². The third-order valence-corrected chi connectivity index (χ3v) is 9.06. The van der Waals surface area contributed by atoms with E-state index < -0.39 is 0 Å². The summed E-state index contributed by atoms with van der Waals surface area (Å²) in [6, 6.07) is 0. The number of aliphatic hydroxyl groups is 2. The maximum absolute atomic E-state index is 12.2. The average molecular weight is 335 g/mol. The van der Waals surface area contributed by atoms with Gasteiger partial charge in [0.25, 0.3) is 0 Å². The lowest BCUT2D eigenvalue weighted by atomic mass is 9.44. The number of fused-ring (bicyclic) bond motifs is 5. The number of carbonyl (C=O) groups excluding carboxylic acids is 1. The Bertz CT molecular complexity index is 531. The molecule has 0 aliphatic heterocycles. The molecule has 0 spiro atoms. The molecule has 4 aliphatic carbocycles. The molecule has 0 aromatic rings. The molecule has 2 N–H and O–H groups in total. The van der Waals surface area contributed by atoms with E-state index in [9.17, 15) is 15.0 Å². The van der Waals surface area contributed by atoms with Crippen LogP contribution in [-0.4, -0.2) is 28.2 Å². The fourth-order valence-corrected chi connectivity index (χ4v) is 8.03. The Kier molecular flexibility index (Phi) is 3.93. The van der Waals surface area contributed by atoms with Gasteiger partial charge in [0.05, 0.1) is 12.2 Å². The van der Waals surface area contributed by atoms with E-state index in [0.29, 0.717) is 29.5 Å². The highest BCUT2D eigenvalue weighted by Crippen LogP contribution is 2.67. The summed E-state index contributed by atoms with van der Waals surface area (Å²) in [4.78, 5) is 12.2. The molecule has 0 aromatic carbocycles. The normalized spacial score (nSPS) is 57.0. The van der Waals surface area contributed by atoms with Crippen LogP contribution in [-0.2, 0) is 4.79 Å². The summed E-state index contributed by atoms with van der Waals surface area (Å²) in [6.07, 6.45) is 7.80. The summed E-state index contributed by atoms with van der Waals surface area (Å²) in [7, 11) is 0. The molecule has 4 saturated carbocycles. The summed E-state index contributed by atoms with van der Waals surface area (Å²) >= 11 is 0. The van der Waals surface area contributed by atoms with Crippen LogP contribution >= 0.6 is 0 Å². The molecule has 0 bridgehead atoms. The number of aliphatic hydroxyl groups excluding tert-OH is 2. The predicted octanol–water partition coefficient (Wildman–Crippen LogP) is 3.57. The number of hydrogen-bond donors (Lipinski definition) is 2. The van der Waals surface area contributed by atoms with Gasteiger partial charge in [0, 0.05) is 5.92 Å². The lowest BCUT2D eigenvalue weighted by molar-refractivity contribution is -0.178. The second-order valence-electron chi connectivity index (χ2n) is 10.0. The van der Waals surface area contributed by atoms with Crippen molar-refractivity contribution in [3.63, 3.8) is 0 Å². The maximum Gasteiger partial charge on any atom is 0.133 e. The fraction of sp³-hybridized carbons (Fsp3) is 0.952. The molecule has 4 rings (SSSR count). The van der Waals surface area contributed by atoms with Gasteiger partial charge in [-0.1, -0.05) is 13.8 Å². The van der Waals surface area contributed by atoms with Crippen molar-refractivity contribution in [1.82, 2.24) is 0 Å². The summed E-state index contributed by atoms with van der Waals surface area (Å²) < 4.78 is 0. The van der Waals surface area contributed by atoms with Crippen molar-refractivity contribution >= 4 is 5.78 Å². The van der Waals surface area contributed by atoms with Crippen LogP contribution in [0.5, 0.6) is 0 Å². The number of Topliss-reactive ketones (excluding diaryl/α,β-unsaturated/α-hetero) is 1. The molecule has 3 heteroatoms. The van der Waals surface area contributed by atoms with Gasteiger partial charge in [0.1, 0.15) is 5.78 Å². The van der Waals surface area contributed by atoms with Gasteiger partial charge in [0.15, 0.2) is 0 Å². The zero-order valence-electron chi connectivity index (χ0n) is 15.5. The summed E-state index contributed by atoms with van der Waals surface area (Å²) in [5.41, 5.74) is 0.182. The number of hydrogen-bond acceptors (Lipinski definition) is 3. The SMILES string of the molecule is CC(=O)[C@@H]1CC[C@H]2[C@H]3CC[C@H]4C[C@@H](O)CC[C@]4(C)[C@@H]3[C@@H](O)C[C@]12C. The highest BCUT2D eigenvalue weighted by atomic mass is 16.3. The second kappa shape index (κ2) is 5.54. The first kappa shape index (κ1) is 17.0. The van der Waals surface area contributed by atoms with Gasteiger partial charge in [-0.2, -0.15) is 0 Å². The van der Waals surface area contributed by atoms with E-state index in [-0.39, 0.29) is 29.0 Å². The molecule has 4 aliphatic rings. The third-order valence-electron chi connectivity index (χ3n) is 9.06. The Balaban J connectivity index is 1.67. The maximum atomic E-state index is 12.2. The minimum Gasteiger partial charge on any atom is -0.393 e. The van der Waals surface area contributed by atoms with Crippen molar-refractivity contribution in [2.24, 2.45) is 40.4 Å². The highest BCUT2D eigenvalue weighted by molar-refractivity contribution is 5.79. The van der Waals surface area contributed by atoms with E-state index in [0.717, 1.165) is 38.5 Å². The summed E-state index contributed by atoms with van der Waals surface area (Å²) in [5.74, 6) is 2.58. The Morgan fingerprint density at radius 2 is 1.75 bits per heavy atom. The Morgan fingerprint density at radius 1 is 1.00 bits per heavy atom. The van der Waals surface area contributed by atoms with Crippen LogP contribution in [0.4, 0.5) is 0 Å². The highest BCUT2D eigenvalue weighted by Gasteiger charge is 2.63. The average Bonchev–Trinajstić information content (AvgIpc) is 2.84. The molecule has 0 saturated heterocycles. The molecular formula is C21H34O3. The zero-order chi connectivity index (χ0) is 17.3. The van der Waals surface area contributed by atoms with Crippen molar-refractivity contribution in [2.45, 2.75) is 84.3 Å². The largest absolute Gasteiger partial charge is 0.393 e. The van der Waals surface area contributed by atoms with Crippen LogP contribution in [0.15, 0.2) is 0 Å². The van der Waals surface area contributed by atoms with Gasteiger partial charge in [-0.3, -0.25) is 4.79 Å². The van der Waals surface area contributed by atoms with Gasteiger partial charge < -0.3 is 10.2 Å². The second-order valence-corrected chi connectivity index (χ2v) is 10.0. The van der Waals surface area contributed by atoms with Crippen molar-refractivity contribution in [1.29, 1.82) is 0 Å². The standard InChI is InChI=1S/C21H34O3/c1-12(22)16-6-7-17-15-5-4-13-10-14(23)8-9-20(13,2)19(15)18(24)11-21(16,17)3/h13-19,23-24H,4-11H2,1-3H3/t13-,14-,15+,16-,17-,18-,19-,20-,21+/m0/s1. The molecule has 0 heterocycles. The lowest BCUT2D eigenvalue weighted by Gasteiger charge is -2.62. The number of ketones is 1. The quantitative estimate of drug-likeness (QED) is 0.771. The molecule has 0 aromatic heterocycles. The van der Waals surface area contributed by atoms with Crippen LogP contribution in [0, 0.1) is 40.4 Å². The van der Waals surface area contributed by atoms with Crippen molar-refractivity contribution < 1.29 is 15.0 Å². The molecule has 4 fully saturated rings. The third kappa shape index (κ3) is 2.19. The predicted molar refractivity (Wildman–Crippen MR) is 93.3 cm³/mol. The van der Waals surface area contributed by atoms with Crippen LogP contribution in [0.1, 0.15) is 72.1 Å². The van der Waals surface area contributed by atoms with Crippen LogP contribution < -0.4 is 0 Å². The minimum absolute atomic E-state index is 0.00376. The van der Waals surface area contributed by atoms with Crippen molar-refractivity contribution in [2.75, 3.05) is 0 Å². The van der Waals surface area contributed by atoms with Gasteiger partial charge >= 0.3 is 0 Å². The summed E-state index contributed by atoms with van der Waals surface area (Å²) in [5, 5.41) is 21.3. The molecule has 3 nitrogen and oxygen atoms in total. The van der Waals surface area contributed by atoms with E-state index >= 15 is 0 Å². The molecule has 0 radical (unpaired) electrons. The molecule has 9 atom stereocenters. The van der Waals surface area contributed by atoms with E-state index in [1.807, 2.05) is 0 Å². The Morgan fingerprint density at radius 3 is 2.46 bits per heavy atom. The minimum atomic E-state index is -0.278. The van der Waals surface area contributed by atoms with E-state index in [1.54, 1.807) is 6.92 Å². The van der Waals surface area contributed by atoms with Crippen LogP contribution in [0.25, 0.3) is 0 Å². The lowest BCUT2D eigenvalue weighted by Crippen LogP contribution is -2.59.